The largest absolute Gasteiger partial charge is 0.508 e. The molecule has 2 N–H and O–H groups in total. The molecule has 2 rings (SSSR count). The molecule has 0 aliphatic heterocycles. The Morgan fingerprint density at radius 1 is 1.00 bits per heavy atom. The van der Waals surface area contributed by atoms with Crippen LogP contribution in [-0.4, -0.2) is 13.5 Å². The molecule has 0 saturated carbocycles. The SMILES string of the molecule is O=S(=O)(Nc1ccc(O)cc1)c1cc(F)ccc1F. The van der Waals surface area contributed by atoms with Crippen molar-refractivity contribution in [3.63, 3.8) is 0 Å². The zero-order valence-electron chi connectivity index (χ0n) is 9.47. The van der Waals surface area contributed by atoms with Crippen molar-refractivity contribution in [2.45, 2.75) is 4.90 Å². The van der Waals surface area contributed by atoms with Crippen molar-refractivity contribution in [3.05, 3.63) is 54.1 Å². The zero-order chi connectivity index (χ0) is 14.0. The molecule has 0 unspecified atom stereocenters. The fourth-order valence-corrected chi connectivity index (χ4v) is 2.57. The number of hydrogen-bond acceptors (Lipinski definition) is 3. The lowest BCUT2D eigenvalue weighted by molar-refractivity contribution is 0.475. The summed E-state index contributed by atoms with van der Waals surface area (Å²) in [6.07, 6.45) is 0. The number of sulfonamides is 1. The van der Waals surface area contributed by atoms with Crippen molar-refractivity contribution in [3.8, 4) is 5.75 Å². The van der Waals surface area contributed by atoms with E-state index < -0.39 is 26.6 Å². The summed E-state index contributed by atoms with van der Waals surface area (Å²) < 4.78 is 52.2. The van der Waals surface area contributed by atoms with Crippen LogP contribution in [0.1, 0.15) is 0 Å². The lowest BCUT2D eigenvalue weighted by atomic mass is 10.3. The van der Waals surface area contributed by atoms with Crippen LogP contribution in [-0.2, 0) is 10.0 Å². The van der Waals surface area contributed by atoms with Gasteiger partial charge in [-0.3, -0.25) is 4.72 Å². The van der Waals surface area contributed by atoms with Crippen molar-refractivity contribution in [2.75, 3.05) is 4.72 Å². The second-order valence-electron chi connectivity index (χ2n) is 3.73. The monoisotopic (exact) mass is 285 g/mol. The quantitative estimate of drug-likeness (QED) is 0.851. The minimum Gasteiger partial charge on any atom is -0.508 e. The topological polar surface area (TPSA) is 66.4 Å². The van der Waals surface area contributed by atoms with E-state index in [2.05, 4.69) is 4.72 Å². The summed E-state index contributed by atoms with van der Waals surface area (Å²) in [4.78, 5) is -0.777. The summed E-state index contributed by atoms with van der Waals surface area (Å²) in [5.41, 5.74) is 0.126. The van der Waals surface area contributed by atoms with Gasteiger partial charge in [-0.05, 0) is 42.5 Å². The smallest absolute Gasteiger partial charge is 0.264 e. The van der Waals surface area contributed by atoms with Gasteiger partial charge in [-0.1, -0.05) is 0 Å². The molecule has 100 valence electrons. The maximum absolute atomic E-state index is 13.4. The second kappa shape index (κ2) is 4.85. The summed E-state index contributed by atoms with van der Waals surface area (Å²) in [6, 6.07) is 7.28. The standard InChI is InChI=1S/C12H9F2NO3S/c13-8-1-6-11(14)12(7-8)19(17,18)15-9-2-4-10(16)5-3-9/h1-7,15-16H. The Hall–Kier alpha value is -2.15. The zero-order valence-corrected chi connectivity index (χ0v) is 10.3. The van der Waals surface area contributed by atoms with Gasteiger partial charge in [-0.15, -0.1) is 0 Å². The van der Waals surface area contributed by atoms with Crippen LogP contribution in [0.3, 0.4) is 0 Å². The van der Waals surface area contributed by atoms with E-state index in [1.807, 2.05) is 0 Å². The molecule has 0 atom stereocenters. The first-order chi connectivity index (χ1) is 8.88. The third-order valence-corrected chi connectivity index (χ3v) is 3.70. The van der Waals surface area contributed by atoms with Crippen LogP contribution in [0.5, 0.6) is 5.75 Å². The number of hydrogen-bond donors (Lipinski definition) is 2. The van der Waals surface area contributed by atoms with E-state index in [4.69, 9.17) is 5.11 Å². The molecule has 0 saturated heterocycles. The van der Waals surface area contributed by atoms with E-state index in [9.17, 15) is 17.2 Å². The van der Waals surface area contributed by atoms with E-state index in [0.717, 1.165) is 12.1 Å². The Morgan fingerprint density at radius 3 is 2.26 bits per heavy atom. The maximum Gasteiger partial charge on any atom is 0.264 e. The number of phenolic OH excluding ortho intramolecular Hbond substituents is 1. The molecule has 0 heterocycles. The fourth-order valence-electron chi connectivity index (χ4n) is 1.42. The fraction of sp³-hybridized carbons (Fsp3) is 0. The van der Waals surface area contributed by atoms with E-state index in [-0.39, 0.29) is 11.4 Å². The minimum atomic E-state index is -4.23. The Kier molecular flexibility index (Phi) is 3.39. The molecule has 19 heavy (non-hydrogen) atoms. The molecule has 0 fully saturated rings. The van der Waals surface area contributed by atoms with Crippen molar-refractivity contribution in [2.24, 2.45) is 0 Å². The molecular formula is C12H9F2NO3S. The molecule has 0 bridgehead atoms. The Bertz CT molecular complexity index is 699. The molecule has 0 amide bonds. The highest BCUT2D eigenvalue weighted by molar-refractivity contribution is 7.92. The highest BCUT2D eigenvalue weighted by Crippen LogP contribution is 2.21. The molecule has 0 aromatic heterocycles. The van der Waals surface area contributed by atoms with Gasteiger partial charge in [0.1, 0.15) is 22.3 Å². The van der Waals surface area contributed by atoms with Gasteiger partial charge in [0.15, 0.2) is 0 Å². The van der Waals surface area contributed by atoms with E-state index >= 15 is 0 Å². The third kappa shape index (κ3) is 3.00. The highest BCUT2D eigenvalue weighted by Gasteiger charge is 2.19. The number of rotatable bonds is 3. The molecule has 7 heteroatoms. The number of phenols is 1. The highest BCUT2D eigenvalue weighted by atomic mass is 32.2. The Labute approximate surface area is 108 Å². The lowest BCUT2D eigenvalue weighted by Gasteiger charge is -2.09. The number of anilines is 1. The lowest BCUT2D eigenvalue weighted by Crippen LogP contribution is -2.14. The first-order valence-electron chi connectivity index (χ1n) is 5.15. The van der Waals surface area contributed by atoms with E-state index in [0.29, 0.717) is 6.07 Å². The Balaban J connectivity index is 2.37. The molecule has 2 aromatic rings. The average molecular weight is 285 g/mol. The molecule has 2 aromatic carbocycles. The van der Waals surface area contributed by atoms with Gasteiger partial charge in [0.2, 0.25) is 0 Å². The van der Waals surface area contributed by atoms with Gasteiger partial charge in [0.05, 0.1) is 0 Å². The normalized spacial score (nSPS) is 11.3. The van der Waals surface area contributed by atoms with Crippen LogP contribution in [0.25, 0.3) is 0 Å². The third-order valence-electron chi connectivity index (χ3n) is 2.30. The molecule has 0 spiro atoms. The van der Waals surface area contributed by atoms with Crippen LogP contribution in [0, 0.1) is 11.6 Å². The predicted octanol–water partition coefficient (Wildman–Crippen LogP) is 2.47. The first-order valence-corrected chi connectivity index (χ1v) is 6.64. The van der Waals surface area contributed by atoms with Gasteiger partial charge >= 0.3 is 0 Å². The molecule has 0 aliphatic carbocycles. The van der Waals surface area contributed by atoms with Gasteiger partial charge in [0.25, 0.3) is 10.0 Å². The van der Waals surface area contributed by atoms with Gasteiger partial charge in [-0.2, -0.15) is 0 Å². The summed E-state index contributed by atoms with van der Waals surface area (Å²) in [7, 11) is -4.23. The molecular weight excluding hydrogens is 276 g/mol. The summed E-state index contributed by atoms with van der Waals surface area (Å²) in [6.45, 7) is 0. The van der Waals surface area contributed by atoms with Crippen LogP contribution < -0.4 is 4.72 Å². The Morgan fingerprint density at radius 2 is 1.63 bits per heavy atom. The van der Waals surface area contributed by atoms with Crippen molar-refractivity contribution < 1.29 is 22.3 Å². The molecule has 4 nitrogen and oxygen atoms in total. The summed E-state index contributed by atoms with van der Waals surface area (Å²) in [5, 5.41) is 9.07. The van der Waals surface area contributed by atoms with E-state index in [1.165, 1.54) is 24.3 Å². The summed E-state index contributed by atoms with van der Waals surface area (Å²) in [5.74, 6) is -1.94. The molecule has 0 aliphatic rings. The number of nitrogens with one attached hydrogen (secondary N) is 1. The van der Waals surface area contributed by atoms with Crippen LogP contribution in [0.2, 0.25) is 0 Å². The maximum atomic E-state index is 13.4. The molecule has 0 radical (unpaired) electrons. The van der Waals surface area contributed by atoms with Crippen molar-refractivity contribution in [1.29, 1.82) is 0 Å². The predicted molar refractivity (Wildman–Crippen MR) is 65.3 cm³/mol. The summed E-state index contributed by atoms with van der Waals surface area (Å²) >= 11 is 0. The van der Waals surface area contributed by atoms with Crippen molar-refractivity contribution >= 4 is 15.7 Å². The van der Waals surface area contributed by atoms with Gasteiger partial charge < -0.3 is 5.11 Å². The second-order valence-corrected chi connectivity index (χ2v) is 5.38. The number of benzene rings is 2. The number of aromatic hydroxyl groups is 1. The number of halogens is 2. The average Bonchev–Trinajstić information content (AvgIpc) is 2.35. The minimum absolute atomic E-state index is 0.0418. The first kappa shape index (κ1) is 13.3. The van der Waals surface area contributed by atoms with Crippen LogP contribution in [0.15, 0.2) is 47.4 Å². The van der Waals surface area contributed by atoms with Crippen LogP contribution in [0.4, 0.5) is 14.5 Å². The van der Waals surface area contributed by atoms with Gasteiger partial charge in [0, 0.05) is 5.69 Å². The van der Waals surface area contributed by atoms with Crippen LogP contribution >= 0.6 is 0 Å². The van der Waals surface area contributed by atoms with E-state index in [1.54, 1.807) is 0 Å². The van der Waals surface area contributed by atoms with Gasteiger partial charge in [-0.25, -0.2) is 17.2 Å². The van der Waals surface area contributed by atoms with Crippen molar-refractivity contribution in [1.82, 2.24) is 0 Å².